The number of piperidine rings is 1. The number of hydrogen-bond donors (Lipinski definition) is 1. The molecule has 0 radical (unpaired) electrons. The summed E-state index contributed by atoms with van der Waals surface area (Å²) in [5.74, 6) is 1.50. The molecule has 0 saturated carbocycles. The normalized spacial score (nSPS) is 15.0. The van der Waals surface area contributed by atoms with E-state index in [0.29, 0.717) is 47.6 Å². The minimum absolute atomic E-state index is 0.223. The molecule has 8 heteroatoms. The van der Waals surface area contributed by atoms with E-state index in [9.17, 15) is 10.1 Å². The highest BCUT2D eigenvalue weighted by atomic mass is 16.5. The van der Waals surface area contributed by atoms with E-state index in [1.807, 2.05) is 54.6 Å². The molecular weight excluding hydrogens is 502 g/mol. The van der Waals surface area contributed by atoms with Gasteiger partial charge in [-0.25, -0.2) is 0 Å². The first-order chi connectivity index (χ1) is 19.3. The Hall–Kier alpha value is -4.48. The summed E-state index contributed by atoms with van der Waals surface area (Å²) in [5.41, 5.74) is 4.14. The molecule has 2 heterocycles. The molecule has 0 bridgehead atoms. The van der Waals surface area contributed by atoms with E-state index in [0.717, 1.165) is 35.3 Å². The number of nitrogens with one attached hydrogen (secondary N) is 1. The van der Waals surface area contributed by atoms with Crippen LogP contribution in [0.25, 0.3) is 22.5 Å². The molecule has 1 aromatic heterocycles. The molecule has 5 rings (SSSR count). The smallest absolute Gasteiger partial charge is 0.255 e. The molecule has 0 unspecified atom stereocenters. The van der Waals surface area contributed by atoms with Gasteiger partial charge in [0.05, 0.1) is 18.6 Å². The lowest BCUT2D eigenvalue weighted by molar-refractivity contribution is 0.102. The van der Waals surface area contributed by atoms with Crippen molar-refractivity contribution in [2.24, 2.45) is 0 Å². The number of benzene rings is 3. The fourth-order valence-electron chi connectivity index (χ4n) is 5.29. The van der Waals surface area contributed by atoms with Crippen LogP contribution < -0.4 is 10.1 Å². The second-order valence-corrected chi connectivity index (χ2v) is 10.5. The minimum Gasteiger partial charge on any atom is -0.496 e. The maximum atomic E-state index is 13.2. The summed E-state index contributed by atoms with van der Waals surface area (Å²) in [6.45, 7) is 7.80. The summed E-state index contributed by atoms with van der Waals surface area (Å²) >= 11 is 0. The molecule has 0 atom stereocenters. The van der Waals surface area contributed by atoms with Crippen LogP contribution in [0.4, 0.5) is 5.69 Å². The average molecular weight is 536 g/mol. The first-order valence-electron chi connectivity index (χ1n) is 13.5. The SMILES string of the molecule is COc1ccc(NC(=O)c2ccc(-c3cccc(-c4noc(C)n4)c3)cc2)cc1C1(C#N)CCN(C(C)C)CC1. The van der Waals surface area contributed by atoms with Crippen LogP contribution >= 0.6 is 0 Å². The van der Waals surface area contributed by atoms with Crippen molar-refractivity contribution in [3.05, 3.63) is 83.7 Å². The highest BCUT2D eigenvalue weighted by Gasteiger charge is 2.39. The number of carbonyl (C=O) groups is 1. The Bertz CT molecular complexity index is 1540. The van der Waals surface area contributed by atoms with Crippen molar-refractivity contribution in [1.29, 1.82) is 5.26 Å². The van der Waals surface area contributed by atoms with Crippen LogP contribution in [0.15, 0.2) is 71.3 Å². The molecule has 1 N–H and O–H groups in total. The van der Waals surface area contributed by atoms with E-state index in [1.54, 1.807) is 26.2 Å². The molecule has 1 aliphatic heterocycles. The fourth-order valence-corrected chi connectivity index (χ4v) is 5.29. The summed E-state index contributed by atoms with van der Waals surface area (Å²) < 4.78 is 10.8. The highest BCUT2D eigenvalue weighted by Crippen LogP contribution is 2.41. The van der Waals surface area contributed by atoms with Crippen LogP contribution in [0.2, 0.25) is 0 Å². The predicted octanol–water partition coefficient (Wildman–Crippen LogP) is 6.24. The fraction of sp³-hybridized carbons (Fsp3) is 0.312. The van der Waals surface area contributed by atoms with Gasteiger partial charge in [0.1, 0.15) is 5.75 Å². The predicted molar refractivity (Wildman–Crippen MR) is 154 cm³/mol. The minimum atomic E-state index is -0.659. The third-order valence-electron chi connectivity index (χ3n) is 7.70. The standard InChI is InChI=1S/C32H33N5O3/c1-21(2)37-16-14-32(20-33,15-17-37)28-19-27(12-13-29(28)39-4)35-31(38)24-10-8-23(9-11-24)25-6-5-7-26(18-25)30-34-22(3)40-36-30/h5-13,18-19,21H,14-17H2,1-4H3,(H,35,38). The third-order valence-corrected chi connectivity index (χ3v) is 7.70. The molecule has 0 aliphatic carbocycles. The summed E-state index contributed by atoms with van der Waals surface area (Å²) in [7, 11) is 1.62. The van der Waals surface area contributed by atoms with Gasteiger partial charge in [-0.15, -0.1) is 0 Å². The summed E-state index contributed by atoms with van der Waals surface area (Å²) in [6.07, 6.45) is 1.43. The second kappa shape index (κ2) is 11.3. The van der Waals surface area contributed by atoms with Crippen molar-refractivity contribution >= 4 is 11.6 Å². The molecule has 1 amide bonds. The van der Waals surface area contributed by atoms with E-state index in [2.05, 4.69) is 40.3 Å². The van der Waals surface area contributed by atoms with Crippen LogP contribution in [-0.4, -0.2) is 47.2 Å². The maximum absolute atomic E-state index is 13.2. The van der Waals surface area contributed by atoms with Crippen molar-refractivity contribution < 1.29 is 14.1 Å². The largest absolute Gasteiger partial charge is 0.496 e. The number of ether oxygens (including phenoxy) is 1. The number of amides is 1. The average Bonchev–Trinajstić information content (AvgIpc) is 3.43. The number of carbonyl (C=O) groups excluding carboxylic acids is 1. The molecule has 8 nitrogen and oxygen atoms in total. The number of anilines is 1. The summed E-state index contributed by atoms with van der Waals surface area (Å²) in [6, 6.07) is 23.9. The molecule has 4 aromatic rings. The van der Waals surface area contributed by atoms with Gasteiger partial charge in [0.2, 0.25) is 11.7 Å². The van der Waals surface area contributed by atoms with Gasteiger partial charge in [-0.3, -0.25) is 4.79 Å². The number of hydrogen-bond acceptors (Lipinski definition) is 7. The van der Waals surface area contributed by atoms with E-state index in [4.69, 9.17) is 9.26 Å². The quantitative estimate of drug-likeness (QED) is 0.299. The zero-order valence-corrected chi connectivity index (χ0v) is 23.3. The van der Waals surface area contributed by atoms with Crippen molar-refractivity contribution in [3.63, 3.8) is 0 Å². The van der Waals surface area contributed by atoms with Gasteiger partial charge >= 0.3 is 0 Å². The molecule has 1 saturated heterocycles. The number of rotatable bonds is 7. The lowest BCUT2D eigenvalue weighted by Crippen LogP contribution is -2.44. The molecule has 1 aliphatic rings. The second-order valence-electron chi connectivity index (χ2n) is 10.5. The number of methoxy groups -OCH3 is 1. The van der Waals surface area contributed by atoms with Crippen molar-refractivity contribution in [3.8, 4) is 34.3 Å². The van der Waals surface area contributed by atoms with Crippen molar-refractivity contribution in [2.45, 2.75) is 45.1 Å². The highest BCUT2D eigenvalue weighted by molar-refractivity contribution is 6.04. The summed E-state index contributed by atoms with van der Waals surface area (Å²) in [4.78, 5) is 19.9. The van der Waals surface area contributed by atoms with E-state index < -0.39 is 5.41 Å². The van der Waals surface area contributed by atoms with Gasteiger partial charge in [-0.2, -0.15) is 10.2 Å². The molecule has 0 spiro atoms. The van der Waals surface area contributed by atoms with Crippen molar-refractivity contribution in [2.75, 3.05) is 25.5 Å². The van der Waals surface area contributed by atoms with Gasteiger partial charge in [0, 0.05) is 48.4 Å². The van der Waals surface area contributed by atoms with Crippen LogP contribution in [-0.2, 0) is 5.41 Å². The van der Waals surface area contributed by atoms with Gasteiger partial charge < -0.3 is 19.5 Å². The molecule has 40 heavy (non-hydrogen) atoms. The zero-order valence-electron chi connectivity index (χ0n) is 23.3. The monoisotopic (exact) mass is 535 g/mol. The number of likely N-dealkylation sites (tertiary alicyclic amines) is 1. The van der Waals surface area contributed by atoms with Gasteiger partial charge in [-0.05, 0) is 74.2 Å². The Labute approximate surface area is 234 Å². The molecule has 1 fully saturated rings. The van der Waals surface area contributed by atoms with E-state index >= 15 is 0 Å². The number of nitriles is 1. The number of nitrogens with zero attached hydrogens (tertiary/aromatic N) is 4. The van der Waals surface area contributed by atoms with Crippen LogP contribution in [0.3, 0.4) is 0 Å². The van der Waals surface area contributed by atoms with Crippen LogP contribution in [0.5, 0.6) is 5.75 Å². The number of aromatic nitrogens is 2. The first kappa shape index (κ1) is 27.1. The van der Waals surface area contributed by atoms with E-state index in [-0.39, 0.29) is 5.91 Å². The lowest BCUT2D eigenvalue weighted by Gasteiger charge is -2.40. The molecular formula is C32H33N5O3. The first-order valence-corrected chi connectivity index (χ1v) is 13.5. The van der Waals surface area contributed by atoms with Gasteiger partial charge in [0.25, 0.3) is 5.91 Å². The number of aryl methyl sites for hydroxylation is 1. The van der Waals surface area contributed by atoms with E-state index in [1.165, 1.54) is 0 Å². The Morgan fingerprint density at radius 3 is 2.40 bits per heavy atom. The Kier molecular flexibility index (Phi) is 7.67. The van der Waals surface area contributed by atoms with Crippen LogP contribution in [0.1, 0.15) is 48.5 Å². The van der Waals surface area contributed by atoms with Gasteiger partial charge in [0.15, 0.2) is 0 Å². The molecule has 204 valence electrons. The summed E-state index contributed by atoms with van der Waals surface area (Å²) in [5, 5.41) is 17.3. The lowest BCUT2D eigenvalue weighted by atomic mass is 9.73. The topological polar surface area (TPSA) is 104 Å². The Morgan fingerprint density at radius 1 is 1.05 bits per heavy atom. The Morgan fingerprint density at radius 2 is 1.77 bits per heavy atom. The van der Waals surface area contributed by atoms with Gasteiger partial charge in [-0.1, -0.05) is 35.5 Å². The zero-order chi connectivity index (χ0) is 28.3. The third kappa shape index (κ3) is 5.47. The van der Waals surface area contributed by atoms with Crippen LogP contribution in [0, 0.1) is 18.3 Å². The molecule has 3 aromatic carbocycles. The van der Waals surface area contributed by atoms with Crippen molar-refractivity contribution in [1.82, 2.24) is 15.0 Å². The Balaban J connectivity index is 1.34. The maximum Gasteiger partial charge on any atom is 0.255 e.